The molecule has 0 N–H and O–H groups in total. The Morgan fingerprint density at radius 2 is 1.87 bits per heavy atom. The largest absolute Gasteiger partial charge is 0.121 e. The summed E-state index contributed by atoms with van der Waals surface area (Å²) in [6, 6.07) is 0. The molecule has 1 unspecified atom stereocenters. The summed E-state index contributed by atoms with van der Waals surface area (Å²) in [6.07, 6.45) is 12.6. The van der Waals surface area contributed by atoms with E-state index < -0.39 is 0 Å². The molecule has 0 aromatic heterocycles. The summed E-state index contributed by atoms with van der Waals surface area (Å²) in [4.78, 5) is 0. The van der Waals surface area contributed by atoms with Crippen molar-refractivity contribution in [3.05, 3.63) is 29.0 Å². The van der Waals surface area contributed by atoms with Gasteiger partial charge in [0.2, 0.25) is 0 Å². The third-order valence-electron chi connectivity index (χ3n) is 3.04. The highest BCUT2D eigenvalue weighted by Crippen LogP contribution is 2.29. The van der Waals surface area contributed by atoms with Gasteiger partial charge in [-0.2, -0.15) is 0 Å². The highest BCUT2D eigenvalue weighted by molar-refractivity contribution is 5.33. The van der Waals surface area contributed by atoms with Crippen LogP contribution in [0.1, 0.15) is 59.3 Å². The van der Waals surface area contributed by atoms with E-state index >= 15 is 0 Å². The molecule has 0 aliphatic heterocycles. The first-order valence-electron chi connectivity index (χ1n) is 6.51. The summed E-state index contributed by atoms with van der Waals surface area (Å²) in [5, 5.41) is 0. The average Bonchev–Trinajstić information content (AvgIpc) is 2.59. The fourth-order valence-electron chi connectivity index (χ4n) is 2.13. The van der Waals surface area contributed by atoms with Gasteiger partial charge in [-0.3, -0.25) is 0 Å². The average molecular weight is 204 g/mol. The Morgan fingerprint density at radius 3 is 2.67 bits per heavy atom. The van der Waals surface area contributed by atoms with E-state index in [9.17, 15) is 0 Å². The maximum absolute atomic E-state index is 3.50. The Hall–Kier alpha value is -0.740. The standard InChI is InChI=1S/C13H18.C2H6/c1-11-7-9-12-5-3-2-4-6-13(12)10-8-11;1-2/h7,10-11H,2-6,8H2,1H3;1-2H3. The second kappa shape index (κ2) is 6.69. The number of allylic oxidation sites excluding steroid dienone is 3. The Labute approximate surface area is 94.8 Å². The van der Waals surface area contributed by atoms with Crippen LogP contribution in [0, 0.1) is 5.92 Å². The van der Waals surface area contributed by atoms with E-state index in [2.05, 4.69) is 24.8 Å². The first-order chi connectivity index (χ1) is 7.36. The van der Waals surface area contributed by atoms with Crippen molar-refractivity contribution in [3.8, 4) is 0 Å². The van der Waals surface area contributed by atoms with Gasteiger partial charge >= 0.3 is 0 Å². The molecule has 0 aromatic carbocycles. The van der Waals surface area contributed by atoms with Gasteiger partial charge in [0.15, 0.2) is 0 Å². The van der Waals surface area contributed by atoms with Gasteiger partial charge in [-0.25, -0.2) is 0 Å². The van der Waals surface area contributed by atoms with Crippen molar-refractivity contribution in [2.24, 2.45) is 5.92 Å². The molecule has 0 amide bonds. The van der Waals surface area contributed by atoms with Crippen molar-refractivity contribution in [2.75, 3.05) is 0 Å². The second-order valence-electron chi connectivity index (χ2n) is 4.29. The molecule has 0 saturated heterocycles. The maximum atomic E-state index is 3.50. The van der Waals surface area contributed by atoms with E-state index in [0.29, 0.717) is 5.92 Å². The summed E-state index contributed by atoms with van der Waals surface area (Å²) in [7, 11) is 0. The quantitative estimate of drug-likeness (QED) is 0.486. The number of hydrogen-bond donors (Lipinski definition) is 0. The fraction of sp³-hybridized carbons (Fsp3) is 0.667. The molecule has 0 heteroatoms. The van der Waals surface area contributed by atoms with Gasteiger partial charge in [0, 0.05) is 0 Å². The zero-order chi connectivity index (χ0) is 11.1. The van der Waals surface area contributed by atoms with Crippen molar-refractivity contribution in [1.29, 1.82) is 0 Å². The molecule has 2 aliphatic rings. The molecule has 1 atom stereocenters. The van der Waals surface area contributed by atoms with Crippen LogP contribution in [0.5, 0.6) is 0 Å². The minimum atomic E-state index is 0.687. The van der Waals surface area contributed by atoms with Crippen LogP contribution in [-0.2, 0) is 0 Å². The highest BCUT2D eigenvalue weighted by Gasteiger charge is 2.11. The van der Waals surface area contributed by atoms with Crippen molar-refractivity contribution < 1.29 is 0 Å². The Bertz CT molecular complexity index is 274. The smallest absolute Gasteiger partial charge is 0.00348 e. The number of fused-ring (bicyclic) bond motifs is 1. The first kappa shape index (κ1) is 12.3. The van der Waals surface area contributed by atoms with Gasteiger partial charge in [-0.1, -0.05) is 33.3 Å². The van der Waals surface area contributed by atoms with Crippen LogP contribution in [-0.4, -0.2) is 0 Å². The molecular formula is C15H24. The third kappa shape index (κ3) is 3.72. The molecule has 0 aromatic rings. The molecule has 2 rings (SSSR count). The van der Waals surface area contributed by atoms with Gasteiger partial charge in [-0.05, 0) is 55.2 Å². The lowest BCUT2D eigenvalue weighted by Gasteiger charge is -2.03. The van der Waals surface area contributed by atoms with E-state index in [1.807, 2.05) is 13.8 Å². The molecule has 0 heterocycles. The minimum absolute atomic E-state index is 0.687. The van der Waals surface area contributed by atoms with Crippen LogP contribution in [0.15, 0.2) is 29.0 Å². The van der Waals surface area contributed by atoms with Crippen LogP contribution < -0.4 is 0 Å². The molecule has 84 valence electrons. The number of rotatable bonds is 0. The Kier molecular flexibility index (Phi) is 5.50. The summed E-state index contributed by atoms with van der Waals surface area (Å²) in [6.45, 7) is 6.27. The summed E-state index contributed by atoms with van der Waals surface area (Å²) >= 11 is 0. The molecule has 2 aliphatic carbocycles. The molecule has 15 heavy (non-hydrogen) atoms. The van der Waals surface area contributed by atoms with Gasteiger partial charge in [0.05, 0.1) is 0 Å². The van der Waals surface area contributed by atoms with Crippen molar-refractivity contribution in [1.82, 2.24) is 0 Å². The normalized spacial score (nSPS) is 24.9. The molecule has 0 nitrogen and oxygen atoms in total. The van der Waals surface area contributed by atoms with Crippen molar-refractivity contribution in [3.63, 3.8) is 0 Å². The zero-order valence-corrected chi connectivity index (χ0v) is 10.5. The minimum Gasteiger partial charge on any atom is -0.121 e. The fourth-order valence-corrected chi connectivity index (χ4v) is 2.13. The van der Waals surface area contributed by atoms with Gasteiger partial charge < -0.3 is 0 Å². The highest BCUT2D eigenvalue weighted by atomic mass is 14.2. The van der Waals surface area contributed by atoms with Crippen molar-refractivity contribution >= 4 is 0 Å². The van der Waals surface area contributed by atoms with Gasteiger partial charge in [0.1, 0.15) is 0 Å². The lowest BCUT2D eigenvalue weighted by atomic mass is 10.0. The van der Waals surface area contributed by atoms with E-state index in [4.69, 9.17) is 0 Å². The summed E-state index contributed by atoms with van der Waals surface area (Å²) in [5.41, 5.74) is 6.59. The molecule has 1 saturated carbocycles. The predicted octanol–water partition coefficient (Wildman–Crippen LogP) is 5.02. The second-order valence-corrected chi connectivity index (χ2v) is 4.29. The van der Waals surface area contributed by atoms with Gasteiger partial charge in [0.25, 0.3) is 0 Å². The van der Waals surface area contributed by atoms with E-state index in [0.717, 1.165) is 0 Å². The topological polar surface area (TPSA) is 0 Å². The summed E-state index contributed by atoms with van der Waals surface area (Å²) in [5.74, 6) is 0.687. The third-order valence-corrected chi connectivity index (χ3v) is 3.04. The summed E-state index contributed by atoms with van der Waals surface area (Å²) < 4.78 is 0. The molecule has 0 radical (unpaired) electrons. The van der Waals surface area contributed by atoms with Crippen LogP contribution in [0.3, 0.4) is 0 Å². The zero-order valence-electron chi connectivity index (χ0n) is 10.5. The van der Waals surface area contributed by atoms with E-state index in [1.165, 1.54) is 44.1 Å². The van der Waals surface area contributed by atoms with Gasteiger partial charge in [-0.15, -0.1) is 5.73 Å². The van der Waals surface area contributed by atoms with Crippen LogP contribution in [0.2, 0.25) is 0 Å². The van der Waals surface area contributed by atoms with E-state index in [1.54, 1.807) is 5.57 Å². The van der Waals surface area contributed by atoms with Crippen molar-refractivity contribution in [2.45, 2.75) is 59.3 Å². The molecule has 1 fully saturated rings. The van der Waals surface area contributed by atoms with Crippen LogP contribution >= 0.6 is 0 Å². The van der Waals surface area contributed by atoms with Crippen LogP contribution in [0.25, 0.3) is 0 Å². The molecule has 0 spiro atoms. The monoisotopic (exact) mass is 204 g/mol. The Morgan fingerprint density at radius 1 is 1.13 bits per heavy atom. The Balaban J connectivity index is 0.000000531. The number of hydrogen-bond acceptors (Lipinski definition) is 0. The SMILES string of the molecule is CC.CC1C=C=C2CCCCCC2=CC1. The molecule has 0 bridgehead atoms. The van der Waals surface area contributed by atoms with E-state index in [-0.39, 0.29) is 0 Å². The first-order valence-corrected chi connectivity index (χ1v) is 6.51. The lowest BCUT2D eigenvalue weighted by Crippen LogP contribution is -1.86. The van der Waals surface area contributed by atoms with Crippen LogP contribution in [0.4, 0.5) is 0 Å². The lowest BCUT2D eigenvalue weighted by molar-refractivity contribution is 0.712. The predicted molar refractivity (Wildman–Crippen MR) is 67.9 cm³/mol. The maximum Gasteiger partial charge on any atom is -0.00348 e. The molecular weight excluding hydrogens is 180 g/mol.